The van der Waals surface area contributed by atoms with Crippen LogP contribution in [0.1, 0.15) is 77.8 Å². The molecule has 10 N–H and O–H groups in total. The number of carbonyl (C=O) groups excluding carboxylic acids is 2. The molecule has 63 heavy (non-hydrogen) atoms. The van der Waals surface area contributed by atoms with Gasteiger partial charge in [-0.1, -0.05) is 5.21 Å². The van der Waals surface area contributed by atoms with Crippen LogP contribution in [0.3, 0.4) is 0 Å². The highest BCUT2D eigenvalue weighted by atomic mass is 16.6. The van der Waals surface area contributed by atoms with Crippen LogP contribution < -0.4 is 0 Å². The van der Waals surface area contributed by atoms with Crippen molar-refractivity contribution < 1.29 is 74.9 Å². The number of aromatic nitrogens is 3. The van der Waals surface area contributed by atoms with Gasteiger partial charge in [-0.05, 0) is 84.0 Å². The van der Waals surface area contributed by atoms with Crippen molar-refractivity contribution in [1.82, 2.24) is 29.7 Å². The Morgan fingerprint density at radius 2 is 1.48 bits per heavy atom. The third-order valence-corrected chi connectivity index (χ3v) is 12.8. The third-order valence-electron chi connectivity index (χ3n) is 12.8. The fourth-order valence-corrected chi connectivity index (χ4v) is 10.2. The van der Waals surface area contributed by atoms with E-state index in [4.69, 9.17) is 24.4 Å². The Kier molecular flexibility index (Phi) is 17.7. The minimum Gasteiger partial charge on any atom is -0.444 e. The topological polar surface area (TPSA) is 328 Å². The number of hydrogen-bond acceptors (Lipinski definition) is 19. The first kappa shape index (κ1) is 50.8. The van der Waals surface area contributed by atoms with Gasteiger partial charge in [0.05, 0.1) is 74.7 Å². The molecule has 4 saturated carbocycles. The summed E-state index contributed by atoms with van der Waals surface area (Å²) in [5.41, 5.74) is -1.60. The summed E-state index contributed by atoms with van der Waals surface area (Å²) in [5.74, 6) is 0.362. The molecule has 1 aromatic heterocycles. The molecule has 4 bridgehead atoms. The molecular weight excluding hydrogens is 830 g/mol. The lowest BCUT2D eigenvalue weighted by Crippen LogP contribution is -2.68. The zero-order valence-corrected chi connectivity index (χ0v) is 36.5. The highest BCUT2D eigenvalue weighted by Gasteiger charge is 2.62. The maximum atomic E-state index is 13.9. The highest BCUT2D eigenvalue weighted by molar-refractivity contribution is 5.83. The Morgan fingerprint density at radius 1 is 0.889 bits per heavy atom. The number of nitrogens with zero attached hydrogens (tertiary/aromatic N) is 7. The number of amides is 2. The summed E-state index contributed by atoms with van der Waals surface area (Å²) < 4.78 is 20.0. The Morgan fingerprint density at radius 3 is 2.03 bits per heavy atom. The molecule has 2 amide bonds. The van der Waals surface area contributed by atoms with E-state index in [9.17, 15) is 55.7 Å². The zero-order chi connectivity index (χ0) is 46.3. The van der Waals surface area contributed by atoms with E-state index in [1.165, 1.54) is 9.58 Å². The monoisotopic (exact) mass is 899 g/mol. The van der Waals surface area contributed by atoms with Crippen LogP contribution in [0.4, 0.5) is 4.79 Å². The van der Waals surface area contributed by atoms with Gasteiger partial charge in [0.25, 0.3) is 0 Å². The lowest BCUT2D eigenvalue weighted by molar-refractivity contribution is -0.202. The van der Waals surface area contributed by atoms with Gasteiger partial charge in [0.1, 0.15) is 54.8 Å². The standard InChI is InChI=1S/C41H69N7O15/c1-39(2,3)63-38(60)48(21-33(55)47-6-4-5-28(47)16-42)40-12-25-11-26(13-40)15-41(14-25,24-40)62-10-9-61-8-7-46-18-27(43-44-46)17-45(19-29(51)34(56)36(58)31(53)22-49)20-30(52)35(57)37(59)32(54)23-50/h18,25-26,28-32,34-37,49-54,56-59H,4-15,17,19-24H2,1-3H3/t25?,26?,28-,29-,30-,31+,32+,34+,35+,36+,37+,40?,41?/m0/s1. The van der Waals surface area contributed by atoms with E-state index in [0.29, 0.717) is 36.9 Å². The number of hydrogen-bond donors (Lipinski definition) is 10. The fourth-order valence-electron chi connectivity index (χ4n) is 10.2. The second-order valence-electron chi connectivity index (χ2n) is 19.0. The molecule has 1 saturated heterocycles. The van der Waals surface area contributed by atoms with Crippen molar-refractivity contribution in [3.05, 3.63) is 11.9 Å². The van der Waals surface area contributed by atoms with Crippen molar-refractivity contribution in [2.75, 3.05) is 59.2 Å². The van der Waals surface area contributed by atoms with Crippen LogP contribution >= 0.6 is 0 Å². The Labute approximate surface area is 367 Å². The van der Waals surface area contributed by atoms with Crippen LogP contribution in [0, 0.1) is 23.2 Å². The molecule has 0 radical (unpaired) electrons. The number of nitriles is 1. The third kappa shape index (κ3) is 13.0. The predicted molar refractivity (Wildman–Crippen MR) is 218 cm³/mol. The average Bonchev–Trinajstić information content (AvgIpc) is 3.90. The first-order valence-electron chi connectivity index (χ1n) is 21.9. The molecule has 2 heterocycles. The molecule has 0 spiro atoms. The molecule has 5 fully saturated rings. The van der Waals surface area contributed by atoms with Crippen molar-refractivity contribution in [2.45, 2.75) is 157 Å². The van der Waals surface area contributed by atoms with Gasteiger partial charge in [-0.2, -0.15) is 5.26 Å². The van der Waals surface area contributed by atoms with Crippen molar-refractivity contribution in [3.8, 4) is 6.07 Å². The van der Waals surface area contributed by atoms with Gasteiger partial charge in [0, 0.05) is 32.4 Å². The molecule has 4 aliphatic carbocycles. The lowest BCUT2D eigenvalue weighted by atomic mass is 9.50. The summed E-state index contributed by atoms with van der Waals surface area (Å²) in [4.78, 5) is 32.2. The van der Waals surface area contributed by atoms with Crippen molar-refractivity contribution in [2.24, 2.45) is 11.8 Å². The lowest BCUT2D eigenvalue weighted by Gasteiger charge is -2.64. The normalized spacial score (nSPS) is 28.3. The molecule has 6 rings (SSSR count). The van der Waals surface area contributed by atoms with E-state index in [-0.39, 0.29) is 45.4 Å². The van der Waals surface area contributed by atoms with Crippen LogP contribution in [-0.2, 0) is 32.1 Å². The van der Waals surface area contributed by atoms with Gasteiger partial charge in [-0.3, -0.25) is 14.6 Å². The largest absolute Gasteiger partial charge is 0.444 e. The highest BCUT2D eigenvalue weighted by Crippen LogP contribution is 2.61. The van der Waals surface area contributed by atoms with Crippen LogP contribution in [-0.4, -0.2) is 224 Å². The first-order valence-corrected chi connectivity index (χ1v) is 21.9. The molecule has 5 aliphatic rings. The molecule has 22 heteroatoms. The van der Waals surface area contributed by atoms with Crippen LogP contribution in [0.15, 0.2) is 6.20 Å². The second-order valence-corrected chi connectivity index (χ2v) is 19.0. The van der Waals surface area contributed by atoms with Gasteiger partial charge in [-0.25, -0.2) is 9.48 Å². The fraction of sp³-hybridized carbons (Fsp3) is 0.878. The van der Waals surface area contributed by atoms with E-state index in [1.807, 2.05) is 0 Å². The maximum Gasteiger partial charge on any atom is 0.411 e. The van der Waals surface area contributed by atoms with E-state index >= 15 is 0 Å². The second kappa shape index (κ2) is 21.9. The summed E-state index contributed by atoms with van der Waals surface area (Å²) >= 11 is 0. The Hall–Kier alpha value is -3.15. The number of aliphatic hydroxyl groups is 10. The van der Waals surface area contributed by atoms with E-state index < -0.39 is 104 Å². The molecule has 2 unspecified atom stereocenters. The van der Waals surface area contributed by atoms with Crippen molar-refractivity contribution in [1.29, 1.82) is 5.26 Å². The van der Waals surface area contributed by atoms with Gasteiger partial charge >= 0.3 is 6.09 Å². The maximum absolute atomic E-state index is 13.9. The van der Waals surface area contributed by atoms with Crippen molar-refractivity contribution >= 4 is 12.0 Å². The number of likely N-dealkylation sites (tertiary alicyclic amines) is 1. The average molecular weight is 900 g/mol. The molecule has 0 aromatic carbocycles. The Balaban J connectivity index is 1.16. The van der Waals surface area contributed by atoms with Gasteiger partial charge < -0.3 is 70.2 Å². The first-order chi connectivity index (χ1) is 29.7. The van der Waals surface area contributed by atoms with Gasteiger partial charge in [0.15, 0.2) is 0 Å². The van der Waals surface area contributed by atoms with Crippen LogP contribution in [0.25, 0.3) is 0 Å². The molecule has 1 aliphatic heterocycles. The molecular formula is C41H69N7O15. The number of rotatable bonds is 24. The summed E-state index contributed by atoms with van der Waals surface area (Å²) in [5, 5.41) is 118. The summed E-state index contributed by atoms with van der Waals surface area (Å²) in [6.45, 7) is 3.91. The minimum atomic E-state index is -1.93. The number of ether oxygens (including phenoxy) is 3. The van der Waals surface area contributed by atoms with E-state index in [0.717, 1.165) is 38.5 Å². The summed E-state index contributed by atoms with van der Waals surface area (Å²) in [6.07, 6.45) is -7.55. The summed E-state index contributed by atoms with van der Waals surface area (Å²) in [7, 11) is 0. The van der Waals surface area contributed by atoms with E-state index in [1.54, 1.807) is 36.8 Å². The zero-order valence-electron chi connectivity index (χ0n) is 36.5. The SMILES string of the molecule is CC(C)(C)OC(=O)N(CC(=O)N1CCC[C@H]1C#N)C12CC3CC(CC(OCCOCCn4cc(CN(C[C@H](O)[C@@H](O)[C@H](O)[C@H](O)CO)C[C@H](O)[C@@H](O)[C@H](O)[C@H](O)CO)nn4)(C3)C1)C2. The van der Waals surface area contributed by atoms with Crippen molar-refractivity contribution in [3.63, 3.8) is 0 Å². The Bertz CT molecular complexity index is 1630. The van der Waals surface area contributed by atoms with Crippen LogP contribution in [0.5, 0.6) is 0 Å². The minimum absolute atomic E-state index is 0.136. The summed E-state index contributed by atoms with van der Waals surface area (Å²) in [6, 6.07) is 1.72. The molecule has 358 valence electrons. The molecule has 1 aromatic rings. The van der Waals surface area contributed by atoms with Gasteiger partial charge in [-0.15, -0.1) is 5.10 Å². The van der Waals surface area contributed by atoms with Crippen LogP contribution in [0.2, 0.25) is 0 Å². The molecule has 11 atom stereocenters. The predicted octanol–water partition coefficient (Wildman–Crippen LogP) is -3.17. The van der Waals surface area contributed by atoms with Gasteiger partial charge in [0.2, 0.25) is 5.91 Å². The quantitative estimate of drug-likeness (QED) is 0.0458. The van der Waals surface area contributed by atoms with E-state index in [2.05, 4.69) is 16.4 Å². The number of carbonyl (C=O) groups is 2. The smallest absolute Gasteiger partial charge is 0.411 e. The number of aliphatic hydroxyl groups excluding tert-OH is 10. The molecule has 22 nitrogen and oxygen atoms in total.